The van der Waals surface area contributed by atoms with Crippen molar-refractivity contribution in [1.82, 2.24) is 9.78 Å². The first-order valence-corrected chi connectivity index (χ1v) is 7.38. The molecule has 0 spiro atoms. The van der Waals surface area contributed by atoms with Gasteiger partial charge in [0.15, 0.2) is 17.2 Å². The summed E-state index contributed by atoms with van der Waals surface area (Å²) in [7, 11) is 4.62. The second kappa shape index (κ2) is 7.58. The van der Waals surface area contributed by atoms with Gasteiger partial charge in [0.25, 0.3) is 0 Å². The number of benzene rings is 1. The summed E-state index contributed by atoms with van der Waals surface area (Å²) in [4.78, 5) is 11.3. The minimum absolute atomic E-state index is 0.0173. The Morgan fingerprint density at radius 1 is 1.21 bits per heavy atom. The Labute approximate surface area is 139 Å². The molecule has 130 valence electrons. The van der Waals surface area contributed by atoms with Crippen LogP contribution in [0.3, 0.4) is 0 Å². The van der Waals surface area contributed by atoms with Crippen LogP contribution in [0.5, 0.6) is 17.2 Å². The van der Waals surface area contributed by atoms with Crippen LogP contribution in [0.15, 0.2) is 18.3 Å². The molecule has 0 bridgehead atoms. The van der Waals surface area contributed by atoms with Crippen LogP contribution in [0.1, 0.15) is 23.0 Å². The van der Waals surface area contributed by atoms with Gasteiger partial charge in [-0.25, -0.2) is 4.79 Å². The maximum absolute atomic E-state index is 11.3. The van der Waals surface area contributed by atoms with E-state index in [9.17, 15) is 9.90 Å². The van der Waals surface area contributed by atoms with E-state index in [0.29, 0.717) is 36.0 Å². The smallest absolute Gasteiger partial charge is 0.358 e. The number of aromatic nitrogens is 2. The molecule has 8 heteroatoms. The van der Waals surface area contributed by atoms with Gasteiger partial charge < -0.3 is 24.6 Å². The molecule has 1 aromatic heterocycles. The van der Waals surface area contributed by atoms with Crippen molar-refractivity contribution >= 4 is 11.7 Å². The average molecular weight is 335 g/mol. The monoisotopic (exact) mass is 335 g/mol. The van der Waals surface area contributed by atoms with Crippen molar-refractivity contribution in [2.24, 2.45) is 0 Å². The lowest BCUT2D eigenvalue weighted by Crippen LogP contribution is -2.07. The molecule has 0 amide bonds. The molecular formula is C16H21N3O5. The molecule has 0 aliphatic rings. The van der Waals surface area contributed by atoms with Crippen LogP contribution in [-0.2, 0) is 13.1 Å². The highest BCUT2D eigenvalue weighted by molar-refractivity contribution is 5.91. The van der Waals surface area contributed by atoms with Crippen LogP contribution in [0, 0.1) is 0 Å². The first-order chi connectivity index (χ1) is 11.5. The van der Waals surface area contributed by atoms with Crippen molar-refractivity contribution < 1.29 is 24.1 Å². The van der Waals surface area contributed by atoms with Gasteiger partial charge in [-0.15, -0.1) is 0 Å². The quantitative estimate of drug-likeness (QED) is 0.764. The Morgan fingerprint density at radius 2 is 1.92 bits per heavy atom. The van der Waals surface area contributed by atoms with E-state index in [0.717, 1.165) is 5.56 Å². The van der Waals surface area contributed by atoms with Gasteiger partial charge in [-0.2, -0.15) is 5.10 Å². The fourth-order valence-corrected chi connectivity index (χ4v) is 2.36. The SMILES string of the molecule is CCn1cc(NCc2ccc(OC)c(OC)c2OC)c(C(=O)O)n1. The predicted molar refractivity (Wildman–Crippen MR) is 88.3 cm³/mol. The Bertz CT molecular complexity index is 727. The molecule has 0 radical (unpaired) electrons. The molecule has 2 aromatic rings. The number of hydrogen-bond acceptors (Lipinski definition) is 6. The van der Waals surface area contributed by atoms with Crippen molar-refractivity contribution in [1.29, 1.82) is 0 Å². The lowest BCUT2D eigenvalue weighted by atomic mass is 10.1. The summed E-state index contributed by atoms with van der Waals surface area (Å²) in [6, 6.07) is 3.60. The molecule has 0 aliphatic heterocycles. The average Bonchev–Trinajstić information content (AvgIpc) is 3.02. The highest BCUT2D eigenvalue weighted by atomic mass is 16.5. The third-order valence-electron chi connectivity index (χ3n) is 3.54. The fourth-order valence-electron chi connectivity index (χ4n) is 2.36. The highest BCUT2D eigenvalue weighted by Gasteiger charge is 2.18. The molecule has 0 unspecified atom stereocenters. The predicted octanol–water partition coefficient (Wildman–Crippen LogP) is 2.24. The molecule has 0 aliphatic carbocycles. The topological polar surface area (TPSA) is 94.8 Å². The summed E-state index contributed by atoms with van der Waals surface area (Å²) < 4.78 is 17.6. The molecular weight excluding hydrogens is 314 g/mol. The van der Waals surface area contributed by atoms with Crippen LogP contribution in [0.4, 0.5) is 5.69 Å². The van der Waals surface area contributed by atoms with E-state index >= 15 is 0 Å². The minimum Gasteiger partial charge on any atom is -0.493 e. The maximum Gasteiger partial charge on any atom is 0.358 e. The number of hydrogen-bond donors (Lipinski definition) is 2. The number of ether oxygens (including phenoxy) is 3. The van der Waals surface area contributed by atoms with Crippen molar-refractivity contribution in [3.8, 4) is 17.2 Å². The molecule has 2 N–H and O–H groups in total. The van der Waals surface area contributed by atoms with Crippen LogP contribution < -0.4 is 19.5 Å². The summed E-state index contributed by atoms with van der Waals surface area (Å²) in [5.41, 5.74) is 1.23. The van der Waals surface area contributed by atoms with Gasteiger partial charge in [0.2, 0.25) is 5.75 Å². The van der Waals surface area contributed by atoms with Crippen LogP contribution in [0.2, 0.25) is 0 Å². The van der Waals surface area contributed by atoms with E-state index in [1.165, 1.54) is 7.11 Å². The summed E-state index contributed by atoms with van der Waals surface area (Å²) in [6.07, 6.45) is 1.66. The zero-order valence-corrected chi connectivity index (χ0v) is 14.1. The van der Waals surface area contributed by atoms with Gasteiger partial charge in [-0.05, 0) is 19.1 Å². The first kappa shape index (κ1) is 17.5. The molecule has 24 heavy (non-hydrogen) atoms. The van der Waals surface area contributed by atoms with Crippen molar-refractivity contribution in [2.75, 3.05) is 26.6 Å². The number of rotatable bonds is 8. The van der Waals surface area contributed by atoms with E-state index < -0.39 is 5.97 Å². The number of anilines is 1. The molecule has 0 saturated heterocycles. The Kier molecular flexibility index (Phi) is 5.51. The third-order valence-corrected chi connectivity index (χ3v) is 3.54. The van der Waals surface area contributed by atoms with Crippen molar-refractivity contribution in [2.45, 2.75) is 20.0 Å². The second-order valence-electron chi connectivity index (χ2n) is 4.90. The summed E-state index contributed by atoms with van der Waals surface area (Å²) in [5.74, 6) is 0.498. The third kappa shape index (κ3) is 3.37. The standard InChI is InChI=1S/C16H21N3O5/c1-5-19-9-11(13(18-19)16(20)21)17-8-10-6-7-12(22-2)15(24-4)14(10)23-3/h6-7,9,17H,5,8H2,1-4H3,(H,20,21). The molecule has 2 rings (SSSR count). The molecule has 0 atom stereocenters. The van der Waals surface area contributed by atoms with Gasteiger partial charge in [0.1, 0.15) is 0 Å². The van der Waals surface area contributed by atoms with Gasteiger partial charge in [-0.1, -0.05) is 0 Å². The lowest BCUT2D eigenvalue weighted by molar-refractivity contribution is 0.0690. The number of carbonyl (C=O) groups is 1. The van der Waals surface area contributed by atoms with E-state index in [2.05, 4.69) is 10.4 Å². The maximum atomic E-state index is 11.3. The van der Waals surface area contributed by atoms with Crippen LogP contribution >= 0.6 is 0 Å². The molecule has 8 nitrogen and oxygen atoms in total. The molecule has 1 heterocycles. The van der Waals surface area contributed by atoms with Gasteiger partial charge in [-0.3, -0.25) is 4.68 Å². The van der Waals surface area contributed by atoms with Crippen LogP contribution in [0.25, 0.3) is 0 Å². The Hall–Kier alpha value is -2.90. The molecule has 0 saturated carbocycles. The van der Waals surface area contributed by atoms with E-state index in [-0.39, 0.29) is 5.69 Å². The van der Waals surface area contributed by atoms with Crippen molar-refractivity contribution in [3.63, 3.8) is 0 Å². The van der Waals surface area contributed by atoms with E-state index in [4.69, 9.17) is 14.2 Å². The number of nitrogens with zero attached hydrogens (tertiary/aromatic N) is 2. The van der Waals surface area contributed by atoms with Crippen LogP contribution in [-0.4, -0.2) is 42.2 Å². The number of nitrogens with one attached hydrogen (secondary N) is 1. The normalized spacial score (nSPS) is 10.3. The lowest BCUT2D eigenvalue weighted by Gasteiger charge is -2.16. The summed E-state index contributed by atoms with van der Waals surface area (Å²) in [6.45, 7) is 2.82. The van der Waals surface area contributed by atoms with E-state index in [1.54, 1.807) is 31.2 Å². The molecule has 0 fully saturated rings. The number of carboxylic acids is 1. The Balaban J connectivity index is 2.30. The fraction of sp³-hybridized carbons (Fsp3) is 0.375. The zero-order valence-electron chi connectivity index (χ0n) is 14.1. The zero-order chi connectivity index (χ0) is 17.7. The highest BCUT2D eigenvalue weighted by Crippen LogP contribution is 2.40. The number of aryl methyl sites for hydroxylation is 1. The van der Waals surface area contributed by atoms with Crippen molar-refractivity contribution in [3.05, 3.63) is 29.6 Å². The van der Waals surface area contributed by atoms with Gasteiger partial charge in [0, 0.05) is 24.8 Å². The minimum atomic E-state index is -1.08. The molecule has 1 aromatic carbocycles. The second-order valence-corrected chi connectivity index (χ2v) is 4.90. The summed E-state index contributed by atoms with van der Waals surface area (Å²) >= 11 is 0. The first-order valence-electron chi connectivity index (χ1n) is 7.38. The largest absolute Gasteiger partial charge is 0.493 e. The Morgan fingerprint density at radius 3 is 2.46 bits per heavy atom. The summed E-state index contributed by atoms with van der Waals surface area (Å²) in [5, 5.41) is 16.4. The number of methoxy groups -OCH3 is 3. The van der Waals surface area contributed by atoms with E-state index in [1.807, 2.05) is 13.0 Å². The van der Waals surface area contributed by atoms with Gasteiger partial charge in [0.05, 0.1) is 27.0 Å². The number of aromatic carboxylic acids is 1. The van der Waals surface area contributed by atoms with Gasteiger partial charge >= 0.3 is 5.97 Å². The number of carboxylic acid groups (broad SMARTS) is 1.